The molecular weight excluding hydrogens is 627 g/mol. The van der Waals surface area contributed by atoms with Crippen molar-refractivity contribution >= 4 is 175 Å². The molecule has 51 heavy (non-hydrogen) atoms. The molecule has 232 valence electrons. The van der Waals surface area contributed by atoms with Gasteiger partial charge in [-0.3, -0.25) is 0 Å². The Hall–Kier alpha value is -4.54. The first kappa shape index (κ1) is 33.6. The summed E-state index contributed by atoms with van der Waals surface area (Å²) in [5, 5.41) is 5.21. The molecule has 0 aliphatic rings. The fourth-order valence-corrected chi connectivity index (χ4v) is 9.26. The number of rotatable bonds is 4. The van der Waals surface area contributed by atoms with E-state index in [0.717, 1.165) is 28.3 Å². The fraction of sp³-hybridized carbons (Fsp3) is 0. The van der Waals surface area contributed by atoms with Crippen LogP contribution >= 0.6 is 11.3 Å². The van der Waals surface area contributed by atoms with Crippen molar-refractivity contribution in [1.82, 2.24) is 15.0 Å². The molecule has 0 N–H and O–H groups in total. The summed E-state index contributed by atoms with van der Waals surface area (Å²) < 4.78 is 2.65. The lowest BCUT2D eigenvalue weighted by Gasteiger charge is -2.22. The molecule has 0 fully saturated rings. The SMILES string of the molecule is Bc1c(B)c(B)c(-c2nc(-c3ccc(-c4cccc5sc6c7ccccc7ccc6c45)cc3)nc(-c3c(B)c(B)c(B)c(B)c3B)n2)c(B)c1B. The molecule has 0 spiro atoms. The van der Waals surface area contributed by atoms with Gasteiger partial charge in [-0.2, -0.15) is 0 Å². The summed E-state index contributed by atoms with van der Waals surface area (Å²) in [7, 11) is 22.1. The van der Waals surface area contributed by atoms with E-state index in [9.17, 15) is 0 Å². The molecule has 0 atom stereocenters. The molecule has 0 radical (unpaired) electrons. The predicted octanol–water partition coefficient (Wildman–Crippen LogP) is -7.36. The topological polar surface area (TPSA) is 38.7 Å². The Bertz CT molecular complexity index is 2620. The summed E-state index contributed by atoms with van der Waals surface area (Å²) in [6.07, 6.45) is 0. The van der Waals surface area contributed by atoms with E-state index < -0.39 is 0 Å². The molecule has 14 heteroatoms. The third kappa shape index (κ3) is 5.29. The lowest BCUT2D eigenvalue weighted by atomic mass is 9.60. The van der Waals surface area contributed by atoms with Gasteiger partial charge >= 0.3 is 0 Å². The lowest BCUT2D eigenvalue weighted by Crippen LogP contribution is -2.55. The van der Waals surface area contributed by atoms with Crippen molar-refractivity contribution in [2.24, 2.45) is 0 Å². The normalized spacial score (nSPS) is 11.5. The van der Waals surface area contributed by atoms with Crippen molar-refractivity contribution in [2.45, 2.75) is 0 Å². The van der Waals surface area contributed by atoms with E-state index in [1.807, 2.05) is 11.3 Å². The number of aromatic nitrogens is 3. The van der Waals surface area contributed by atoms with Gasteiger partial charge in [0.1, 0.15) is 78.5 Å². The molecule has 0 aliphatic carbocycles. The molecule has 0 saturated heterocycles. The summed E-state index contributed by atoms with van der Waals surface area (Å²) in [6.45, 7) is 0. The molecule has 0 unspecified atom stereocenters. The molecule has 0 saturated carbocycles. The zero-order chi connectivity index (χ0) is 35.9. The van der Waals surface area contributed by atoms with Crippen molar-refractivity contribution < 1.29 is 0 Å². The number of hydrogen-bond donors (Lipinski definition) is 0. The van der Waals surface area contributed by atoms with Crippen molar-refractivity contribution in [3.63, 3.8) is 0 Å². The summed E-state index contributed by atoms with van der Waals surface area (Å²) in [5.41, 5.74) is 18.3. The van der Waals surface area contributed by atoms with E-state index >= 15 is 0 Å². The summed E-state index contributed by atoms with van der Waals surface area (Å²) >= 11 is 1.88. The number of fused-ring (bicyclic) bond motifs is 5. The minimum Gasteiger partial charge on any atom is -0.208 e. The first-order valence-corrected chi connectivity index (χ1v) is 18.6. The van der Waals surface area contributed by atoms with Crippen LogP contribution in [0.15, 0.2) is 78.9 Å². The van der Waals surface area contributed by atoms with E-state index in [1.165, 1.54) is 96.7 Å². The van der Waals surface area contributed by atoms with Crippen LogP contribution in [0.3, 0.4) is 0 Å². The molecule has 0 aliphatic heterocycles. The molecule has 6 aromatic carbocycles. The standard InChI is InChI=1S/C37H33B10N3S/c38-24-22(25(39)29(43)32(46)28(24)42)36-48-35(49-37(50-36)23-26(40)30(44)33(47)31(45)27(23)41)16-10-8-15(9-11-16)17-6-3-7-20-21(17)19-13-12-14-4-1-2-5-18(14)34(19)51-20/h1-13H,38-47H2. The molecule has 2 aromatic heterocycles. The number of hydrogen-bond acceptors (Lipinski definition) is 4. The molecule has 8 rings (SSSR count). The second kappa shape index (κ2) is 12.6. The van der Waals surface area contributed by atoms with Crippen LogP contribution in [0, 0.1) is 0 Å². The van der Waals surface area contributed by atoms with Gasteiger partial charge in [0.05, 0.1) is 0 Å². The van der Waals surface area contributed by atoms with Crippen molar-refractivity contribution in [3.05, 3.63) is 78.9 Å². The summed E-state index contributed by atoms with van der Waals surface area (Å²) in [5.74, 6) is 2.16. The molecule has 0 bridgehead atoms. The average Bonchev–Trinajstić information content (AvgIpc) is 3.54. The highest BCUT2D eigenvalue weighted by Crippen LogP contribution is 2.43. The zero-order valence-corrected chi connectivity index (χ0v) is 32.1. The highest BCUT2D eigenvalue weighted by molar-refractivity contribution is 7.26. The Morgan fingerprint density at radius 2 is 0.882 bits per heavy atom. The van der Waals surface area contributed by atoms with Crippen molar-refractivity contribution in [1.29, 1.82) is 0 Å². The van der Waals surface area contributed by atoms with Crippen LogP contribution in [0.25, 0.3) is 76.2 Å². The Morgan fingerprint density at radius 3 is 1.45 bits per heavy atom. The average molecular weight is 660 g/mol. The highest BCUT2D eigenvalue weighted by Gasteiger charge is 2.22. The largest absolute Gasteiger partial charge is 0.208 e. The van der Waals surface area contributed by atoms with Crippen LogP contribution in [-0.2, 0) is 0 Å². The van der Waals surface area contributed by atoms with E-state index in [4.69, 9.17) is 15.0 Å². The minimum atomic E-state index is 0.691. The quantitative estimate of drug-likeness (QED) is 0.177. The molecule has 8 aromatic rings. The van der Waals surface area contributed by atoms with E-state index in [2.05, 4.69) is 157 Å². The second-order valence-electron chi connectivity index (χ2n) is 14.3. The van der Waals surface area contributed by atoms with Gasteiger partial charge < -0.3 is 0 Å². The van der Waals surface area contributed by atoms with E-state index in [0.29, 0.717) is 5.82 Å². The first-order valence-electron chi connectivity index (χ1n) is 17.8. The fourth-order valence-electron chi connectivity index (χ4n) is 7.99. The maximum absolute atomic E-state index is 5.29. The highest BCUT2D eigenvalue weighted by atomic mass is 32.1. The van der Waals surface area contributed by atoms with Gasteiger partial charge in [0.25, 0.3) is 0 Å². The number of nitrogens with zero attached hydrogens (tertiary/aromatic N) is 3. The molecule has 0 amide bonds. The molecule has 3 nitrogen and oxygen atoms in total. The molecular formula is C37H33B10N3S. The monoisotopic (exact) mass is 661 g/mol. The van der Waals surface area contributed by atoms with Crippen LogP contribution in [0.4, 0.5) is 0 Å². The number of thiophene rings is 1. The van der Waals surface area contributed by atoms with Crippen molar-refractivity contribution in [3.8, 4) is 45.3 Å². The van der Waals surface area contributed by atoms with E-state index in [-0.39, 0.29) is 0 Å². The Labute approximate surface area is 313 Å². The van der Waals surface area contributed by atoms with Gasteiger partial charge in [-0.1, -0.05) is 94.6 Å². The van der Waals surface area contributed by atoms with Gasteiger partial charge in [-0.25, -0.2) is 15.0 Å². The maximum Gasteiger partial charge on any atom is 0.164 e. The Balaban J connectivity index is 1.32. The van der Waals surface area contributed by atoms with Crippen LogP contribution < -0.4 is 54.6 Å². The third-order valence-corrected chi connectivity index (χ3v) is 13.1. The zero-order valence-electron chi connectivity index (χ0n) is 31.3. The lowest BCUT2D eigenvalue weighted by molar-refractivity contribution is 1.08. The van der Waals surface area contributed by atoms with Gasteiger partial charge in [-0.05, 0) is 28.0 Å². The Morgan fingerprint density at radius 1 is 0.392 bits per heavy atom. The smallest absolute Gasteiger partial charge is 0.164 e. The summed E-state index contributed by atoms with van der Waals surface area (Å²) in [4.78, 5) is 15.8. The van der Waals surface area contributed by atoms with E-state index in [1.54, 1.807) is 0 Å². The van der Waals surface area contributed by atoms with Crippen LogP contribution in [0.2, 0.25) is 0 Å². The van der Waals surface area contributed by atoms with Crippen LogP contribution in [0.5, 0.6) is 0 Å². The van der Waals surface area contributed by atoms with Gasteiger partial charge in [0.15, 0.2) is 17.5 Å². The van der Waals surface area contributed by atoms with Gasteiger partial charge in [0.2, 0.25) is 0 Å². The van der Waals surface area contributed by atoms with Crippen LogP contribution in [0.1, 0.15) is 0 Å². The predicted molar refractivity (Wildman–Crippen MR) is 254 cm³/mol. The minimum absolute atomic E-state index is 0.691. The van der Waals surface area contributed by atoms with Crippen molar-refractivity contribution in [2.75, 3.05) is 0 Å². The van der Waals surface area contributed by atoms with Gasteiger partial charge in [0, 0.05) is 36.9 Å². The summed E-state index contributed by atoms with van der Waals surface area (Å²) in [6, 6.07) is 28.7. The van der Waals surface area contributed by atoms with Crippen LogP contribution in [-0.4, -0.2) is 93.4 Å². The Kier molecular flexibility index (Phi) is 8.30. The maximum atomic E-state index is 5.29. The second-order valence-corrected chi connectivity index (χ2v) is 15.4. The first-order chi connectivity index (χ1) is 24.5. The van der Waals surface area contributed by atoms with Gasteiger partial charge in [-0.15, -0.1) is 44.1 Å². The third-order valence-electron chi connectivity index (χ3n) is 11.9. The molecule has 2 heterocycles. The number of benzene rings is 6.